The minimum absolute atomic E-state index is 0.219. The smallest absolute Gasteiger partial charge is 0.340 e. The maximum atomic E-state index is 13.2. The van der Waals surface area contributed by atoms with Crippen molar-refractivity contribution < 1.29 is 19.1 Å². The summed E-state index contributed by atoms with van der Waals surface area (Å²) in [5.41, 5.74) is 2.40. The molecule has 144 valence electrons. The molecule has 0 saturated carbocycles. The van der Waals surface area contributed by atoms with Crippen molar-refractivity contribution in [1.82, 2.24) is 0 Å². The highest BCUT2D eigenvalue weighted by molar-refractivity contribution is 6.30. The van der Waals surface area contributed by atoms with Crippen LogP contribution in [-0.2, 0) is 14.3 Å². The molecular formula is C22H20ClNO4. The first-order chi connectivity index (χ1) is 13.5. The average Bonchev–Trinajstić information content (AvgIpc) is 2.92. The molecule has 0 fully saturated rings. The molecule has 5 nitrogen and oxygen atoms in total. The Balaban J connectivity index is 2.10. The third kappa shape index (κ3) is 3.80. The van der Waals surface area contributed by atoms with Crippen LogP contribution < -0.4 is 9.64 Å². The van der Waals surface area contributed by atoms with Gasteiger partial charge in [0.15, 0.2) is 0 Å². The predicted octanol–water partition coefficient (Wildman–Crippen LogP) is 4.62. The quantitative estimate of drug-likeness (QED) is 0.545. The molecule has 0 atom stereocenters. The summed E-state index contributed by atoms with van der Waals surface area (Å²) < 4.78 is 10.4. The zero-order valence-electron chi connectivity index (χ0n) is 15.9. The Morgan fingerprint density at radius 2 is 1.89 bits per heavy atom. The van der Waals surface area contributed by atoms with Crippen LogP contribution in [0.4, 0.5) is 5.69 Å². The number of hydrogen-bond acceptors (Lipinski definition) is 4. The monoisotopic (exact) mass is 397 g/mol. The van der Waals surface area contributed by atoms with Gasteiger partial charge in [0.2, 0.25) is 0 Å². The largest absolute Gasteiger partial charge is 0.497 e. The zero-order chi connectivity index (χ0) is 20.3. The van der Waals surface area contributed by atoms with Gasteiger partial charge >= 0.3 is 5.97 Å². The summed E-state index contributed by atoms with van der Waals surface area (Å²) in [5, 5.41) is 0.546. The highest BCUT2D eigenvalue weighted by Gasteiger charge is 2.38. The van der Waals surface area contributed by atoms with Crippen LogP contribution in [0.1, 0.15) is 19.4 Å². The molecule has 0 aromatic heterocycles. The first-order valence-corrected chi connectivity index (χ1v) is 9.18. The Kier molecular flexibility index (Phi) is 5.85. The molecule has 0 aliphatic carbocycles. The zero-order valence-corrected chi connectivity index (χ0v) is 16.6. The number of allylic oxidation sites excluding steroid dienone is 1. The fraction of sp³-hybridized carbons (Fsp3) is 0.182. The van der Waals surface area contributed by atoms with Crippen LogP contribution in [0.3, 0.4) is 0 Å². The Morgan fingerprint density at radius 1 is 1.18 bits per heavy atom. The molecule has 3 rings (SSSR count). The van der Waals surface area contributed by atoms with Crippen molar-refractivity contribution in [3.05, 3.63) is 76.0 Å². The summed E-state index contributed by atoms with van der Waals surface area (Å²) in [6.07, 6.45) is 1.66. The summed E-state index contributed by atoms with van der Waals surface area (Å²) in [4.78, 5) is 27.3. The van der Waals surface area contributed by atoms with Crippen LogP contribution in [0.15, 0.2) is 65.4 Å². The summed E-state index contributed by atoms with van der Waals surface area (Å²) in [6.45, 7) is 3.68. The molecule has 2 aromatic carbocycles. The molecule has 0 bridgehead atoms. The minimum atomic E-state index is -0.530. The van der Waals surface area contributed by atoms with Gasteiger partial charge in [-0.05, 0) is 61.9 Å². The van der Waals surface area contributed by atoms with Gasteiger partial charge in [0, 0.05) is 16.4 Å². The standard InChI is InChI=1S/C22H20ClNO4/c1-4-28-22(26)20-14(2)24(17-8-10-18(27-3)11-9-17)21(25)19(20)13-15-6-5-7-16(23)12-15/h5-13H,4H2,1-3H3. The van der Waals surface area contributed by atoms with E-state index in [0.29, 0.717) is 22.2 Å². The van der Waals surface area contributed by atoms with Gasteiger partial charge in [-0.3, -0.25) is 9.69 Å². The molecule has 2 aromatic rings. The number of hydrogen-bond donors (Lipinski definition) is 0. The SMILES string of the molecule is CCOC(=O)C1=C(C)N(c2ccc(OC)cc2)C(=O)C1=Cc1cccc(Cl)c1. The number of carbonyl (C=O) groups excluding carboxylic acids is 2. The Bertz CT molecular complexity index is 976. The molecule has 0 N–H and O–H groups in total. The van der Waals surface area contributed by atoms with E-state index in [2.05, 4.69) is 0 Å². The normalized spacial score (nSPS) is 15.4. The van der Waals surface area contributed by atoms with E-state index in [0.717, 1.165) is 5.56 Å². The van der Waals surface area contributed by atoms with Gasteiger partial charge in [0.05, 0.1) is 24.9 Å². The number of methoxy groups -OCH3 is 1. The Hall–Kier alpha value is -3.05. The van der Waals surface area contributed by atoms with E-state index in [1.54, 1.807) is 69.5 Å². The maximum absolute atomic E-state index is 13.2. The number of ether oxygens (including phenoxy) is 2. The number of nitrogens with zero attached hydrogens (tertiary/aromatic N) is 1. The van der Waals surface area contributed by atoms with Gasteiger partial charge in [-0.15, -0.1) is 0 Å². The first-order valence-electron chi connectivity index (χ1n) is 8.80. The molecule has 1 heterocycles. The predicted molar refractivity (Wildman–Crippen MR) is 109 cm³/mol. The van der Waals surface area contributed by atoms with Crippen LogP contribution in [0.5, 0.6) is 5.75 Å². The van der Waals surface area contributed by atoms with Crippen molar-refractivity contribution >= 4 is 35.2 Å². The molecular weight excluding hydrogens is 378 g/mol. The molecule has 1 aliphatic heterocycles. The van der Waals surface area contributed by atoms with Crippen LogP contribution in [0.25, 0.3) is 6.08 Å². The van der Waals surface area contributed by atoms with E-state index in [1.807, 2.05) is 6.07 Å². The molecule has 0 radical (unpaired) electrons. The van der Waals surface area contributed by atoms with E-state index in [1.165, 1.54) is 4.90 Å². The molecule has 0 spiro atoms. The van der Waals surface area contributed by atoms with Gasteiger partial charge in [-0.25, -0.2) is 4.79 Å². The number of amides is 1. The van der Waals surface area contributed by atoms with E-state index >= 15 is 0 Å². The van der Waals surface area contributed by atoms with Crippen molar-refractivity contribution in [3.63, 3.8) is 0 Å². The summed E-state index contributed by atoms with van der Waals surface area (Å²) in [6, 6.07) is 14.2. The van der Waals surface area contributed by atoms with Crippen molar-refractivity contribution in [2.45, 2.75) is 13.8 Å². The summed E-state index contributed by atoms with van der Waals surface area (Å²) >= 11 is 6.06. The van der Waals surface area contributed by atoms with Crippen LogP contribution in [0, 0.1) is 0 Å². The van der Waals surface area contributed by atoms with Gasteiger partial charge in [0.25, 0.3) is 5.91 Å². The molecule has 28 heavy (non-hydrogen) atoms. The third-order valence-corrected chi connectivity index (χ3v) is 4.61. The molecule has 0 unspecified atom stereocenters. The second-order valence-corrected chi connectivity index (χ2v) is 6.57. The van der Waals surface area contributed by atoms with Crippen molar-refractivity contribution in [1.29, 1.82) is 0 Å². The fourth-order valence-electron chi connectivity index (χ4n) is 3.09. The van der Waals surface area contributed by atoms with Crippen molar-refractivity contribution in [3.8, 4) is 5.75 Å². The fourth-order valence-corrected chi connectivity index (χ4v) is 3.29. The van der Waals surface area contributed by atoms with Crippen LogP contribution in [0.2, 0.25) is 5.02 Å². The van der Waals surface area contributed by atoms with Crippen LogP contribution in [-0.4, -0.2) is 25.6 Å². The van der Waals surface area contributed by atoms with E-state index in [4.69, 9.17) is 21.1 Å². The number of halogens is 1. The number of rotatable bonds is 5. The highest BCUT2D eigenvalue weighted by atomic mass is 35.5. The number of carbonyl (C=O) groups is 2. The number of esters is 1. The maximum Gasteiger partial charge on any atom is 0.340 e. The lowest BCUT2D eigenvalue weighted by molar-refractivity contribution is -0.138. The second kappa shape index (κ2) is 8.31. The lowest BCUT2D eigenvalue weighted by Gasteiger charge is -2.18. The molecule has 0 saturated heterocycles. The highest BCUT2D eigenvalue weighted by Crippen LogP contribution is 2.36. The Morgan fingerprint density at radius 3 is 2.50 bits per heavy atom. The topological polar surface area (TPSA) is 55.8 Å². The third-order valence-electron chi connectivity index (χ3n) is 4.37. The first kappa shape index (κ1) is 19.7. The average molecular weight is 398 g/mol. The van der Waals surface area contributed by atoms with Gasteiger partial charge in [0.1, 0.15) is 5.75 Å². The minimum Gasteiger partial charge on any atom is -0.497 e. The molecule has 1 amide bonds. The van der Waals surface area contributed by atoms with Gasteiger partial charge in [-0.1, -0.05) is 23.7 Å². The second-order valence-electron chi connectivity index (χ2n) is 6.13. The lowest BCUT2D eigenvalue weighted by Crippen LogP contribution is -2.24. The Labute approximate surface area is 168 Å². The van der Waals surface area contributed by atoms with Gasteiger partial charge < -0.3 is 9.47 Å². The summed E-state index contributed by atoms with van der Waals surface area (Å²) in [5.74, 6) is -0.152. The summed E-state index contributed by atoms with van der Waals surface area (Å²) in [7, 11) is 1.58. The molecule has 6 heteroatoms. The van der Waals surface area contributed by atoms with Crippen molar-refractivity contribution in [2.75, 3.05) is 18.6 Å². The molecule has 1 aliphatic rings. The van der Waals surface area contributed by atoms with Crippen molar-refractivity contribution in [2.24, 2.45) is 0 Å². The lowest BCUT2D eigenvalue weighted by atomic mass is 10.0. The van der Waals surface area contributed by atoms with E-state index in [9.17, 15) is 9.59 Å². The number of anilines is 1. The van der Waals surface area contributed by atoms with Crippen LogP contribution >= 0.6 is 11.6 Å². The van der Waals surface area contributed by atoms with E-state index in [-0.39, 0.29) is 23.7 Å². The number of benzene rings is 2. The van der Waals surface area contributed by atoms with Gasteiger partial charge in [-0.2, -0.15) is 0 Å². The van der Waals surface area contributed by atoms with E-state index < -0.39 is 5.97 Å².